The van der Waals surface area contributed by atoms with Crippen molar-refractivity contribution in [2.75, 3.05) is 18.5 Å². The molecule has 2 atom stereocenters. The molecule has 7 heteroatoms. The van der Waals surface area contributed by atoms with Crippen LogP contribution in [0, 0.1) is 0 Å². The fourth-order valence-corrected chi connectivity index (χ4v) is 3.35. The molecular formula is C23H25N3O4. The van der Waals surface area contributed by atoms with Crippen LogP contribution >= 0.6 is 0 Å². The highest BCUT2D eigenvalue weighted by Gasteiger charge is 2.34. The largest absolute Gasteiger partial charge is 0.436 e. The molecule has 2 aromatic rings. The summed E-state index contributed by atoms with van der Waals surface area (Å²) in [6.07, 6.45) is 1.78. The number of para-hydroxylation sites is 1. The lowest BCUT2D eigenvalue weighted by molar-refractivity contribution is -0.132. The van der Waals surface area contributed by atoms with Gasteiger partial charge in [-0.3, -0.25) is 9.59 Å². The first-order valence-electron chi connectivity index (χ1n) is 9.76. The molecule has 30 heavy (non-hydrogen) atoms. The molecule has 0 saturated heterocycles. The van der Waals surface area contributed by atoms with E-state index in [2.05, 4.69) is 10.6 Å². The minimum Gasteiger partial charge on any atom is -0.436 e. The van der Waals surface area contributed by atoms with E-state index in [1.165, 1.54) is 11.8 Å². The minimum atomic E-state index is -1.06. The molecule has 7 nitrogen and oxygen atoms in total. The topological polar surface area (TPSA) is 87.7 Å². The SMILES string of the molecule is C/C=C/CNC(=O)O[C@H](C)C(=O)N[C@@H]1C(=O)N(C)c2ccccc2-c2ccccc21. The van der Waals surface area contributed by atoms with Gasteiger partial charge in [0.1, 0.15) is 6.04 Å². The van der Waals surface area contributed by atoms with Crippen LogP contribution in [0.2, 0.25) is 0 Å². The number of hydrogen-bond acceptors (Lipinski definition) is 4. The van der Waals surface area contributed by atoms with Crippen molar-refractivity contribution in [3.05, 3.63) is 66.2 Å². The van der Waals surface area contributed by atoms with E-state index in [-0.39, 0.29) is 5.91 Å². The molecule has 0 saturated carbocycles. The van der Waals surface area contributed by atoms with Gasteiger partial charge in [-0.25, -0.2) is 4.79 Å². The lowest BCUT2D eigenvalue weighted by Gasteiger charge is -2.24. The monoisotopic (exact) mass is 407 g/mol. The van der Waals surface area contributed by atoms with E-state index in [9.17, 15) is 14.4 Å². The third-order valence-corrected chi connectivity index (χ3v) is 4.94. The summed E-state index contributed by atoms with van der Waals surface area (Å²) in [5.41, 5.74) is 3.24. The molecule has 0 aromatic heterocycles. The molecule has 0 unspecified atom stereocenters. The van der Waals surface area contributed by atoms with Crippen molar-refractivity contribution >= 4 is 23.6 Å². The molecule has 1 aliphatic rings. The van der Waals surface area contributed by atoms with Crippen molar-refractivity contribution in [2.45, 2.75) is 26.0 Å². The Morgan fingerprint density at radius 1 is 1.13 bits per heavy atom. The summed E-state index contributed by atoms with van der Waals surface area (Å²) in [5.74, 6) is -0.825. The number of allylic oxidation sites excluding steroid dienone is 1. The van der Waals surface area contributed by atoms with Gasteiger partial charge in [0.25, 0.3) is 11.8 Å². The second kappa shape index (κ2) is 9.26. The second-order valence-corrected chi connectivity index (χ2v) is 6.94. The Balaban J connectivity index is 1.83. The van der Waals surface area contributed by atoms with Crippen LogP contribution in [0.3, 0.4) is 0 Å². The van der Waals surface area contributed by atoms with Gasteiger partial charge < -0.3 is 20.3 Å². The van der Waals surface area contributed by atoms with Crippen LogP contribution in [0.4, 0.5) is 10.5 Å². The van der Waals surface area contributed by atoms with Crippen LogP contribution in [0.1, 0.15) is 25.5 Å². The van der Waals surface area contributed by atoms with Gasteiger partial charge in [-0.1, -0.05) is 54.6 Å². The van der Waals surface area contributed by atoms with E-state index in [1.54, 1.807) is 19.2 Å². The van der Waals surface area contributed by atoms with Crippen LogP contribution in [0.15, 0.2) is 60.7 Å². The summed E-state index contributed by atoms with van der Waals surface area (Å²) in [4.78, 5) is 39.3. The number of rotatable bonds is 5. The summed E-state index contributed by atoms with van der Waals surface area (Å²) in [7, 11) is 1.68. The van der Waals surface area contributed by atoms with Crippen LogP contribution in [0.5, 0.6) is 0 Å². The Bertz CT molecular complexity index is 986. The number of ether oxygens (including phenoxy) is 1. The minimum absolute atomic E-state index is 0.273. The number of amides is 3. The Hall–Kier alpha value is -3.61. The van der Waals surface area contributed by atoms with Gasteiger partial charge >= 0.3 is 6.09 Å². The van der Waals surface area contributed by atoms with Crippen LogP contribution in [-0.4, -0.2) is 37.6 Å². The molecular weight excluding hydrogens is 382 g/mol. The quantitative estimate of drug-likeness (QED) is 0.746. The molecule has 156 valence electrons. The molecule has 1 heterocycles. The number of fused-ring (bicyclic) bond motifs is 3. The molecule has 1 aliphatic heterocycles. The maximum Gasteiger partial charge on any atom is 0.408 e. The van der Waals surface area contributed by atoms with Crippen molar-refractivity contribution in [1.29, 1.82) is 0 Å². The van der Waals surface area contributed by atoms with E-state index in [0.717, 1.165) is 16.8 Å². The van der Waals surface area contributed by atoms with E-state index in [1.807, 2.05) is 55.5 Å². The summed E-state index contributed by atoms with van der Waals surface area (Å²) >= 11 is 0. The zero-order valence-corrected chi connectivity index (χ0v) is 17.2. The van der Waals surface area contributed by atoms with Gasteiger partial charge in [0.05, 0.1) is 5.69 Å². The first-order chi connectivity index (χ1) is 14.4. The summed E-state index contributed by atoms with van der Waals surface area (Å²) in [6.45, 7) is 3.61. The zero-order chi connectivity index (χ0) is 21.7. The number of hydrogen-bond donors (Lipinski definition) is 2. The average Bonchev–Trinajstić information content (AvgIpc) is 2.84. The molecule has 0 spiro atoms. The predicted octanol–water partition coefficient (Wildman–Crippen LogP) is 3.18. The molecule has 0 fully saturated rings. The van der Waals surface area contributed by atoms with Gasteiger partial charge in [0.15, 0.2) is 6.10 Å². The van der Waals surface area contributed by atoms with Crippen molar-refractivity contribution in [3.8, 4) is 11.1 Å². The van der Waals surface area contributed by atoms with Crippen LogP contribution < -0.4 is 15.5 Å². The fraction of sp³-hybridized carbons (Fsp3) is 0.261. The molecule has 0 bridgehead atoms. The number of benzene rings is 2. The third-order valence-electron chi connectivity index (χ3n) is 4.94. The zero-order valence-electron chi connectivity index (χ0n) is 17.2. The van der Waals surface area contributed by atoms with Crippen molar-refractivity contribution in [2.24, 2.45) is 0 Å². The van der Waals surface area contributed by atoms with Crippen molar-refractivity contribution in [1.82, 2.24) is 10.6 Å². The Morgan fingerprint density at radius 2 is 1.80 bits per heavy atom. The maximum atomic E-state index is 13.2. The number of anilines is 1. The molecule has 3 amide bonds. The lowest BCUT2D eigenvalue weighted by Crippen LogP contribution is -2.45. The molecule has 3 rings (SSSR count). The number of carbonyl (C=O) groups is 3. The molecule has 0 aliphatic carbocycles. The van der Waals surface area contributed by atoms with Crippen molar-refractivity contribution < 1.29 is 19.1 Å². The molecule has 2 aromatic carbocycles. The highest BCUT2D eigenvalue weighted by atomic mass is 16.6. The fourth-order valence-electron chi connectivity index (χ4n) is 3.35. The second-order valence-electron chi connectivity index (χ2n) is 6.94. The van der Waals surface area contributed by atoms with Gasteiger partial charge in [0, 0.05) is 19.2 Å². The molecule has 2 N–H and O–H groups in total. The smallest absolute Gasteiger partial charge is 0.408 e. The van der Waals surface area contributed by atoms with Gasteiger partial charge in [-0.2, -0.15) is 0 Å². The van der Waals surface area contributed by atoms with E-state index in [4.69, 9.17) is 4.74 Å². The summed E-state index contributed by atoms with van der Waals surface area (Å²) < 4.78 is 5.12. The molecule has 0 radical (unpaired) electrons. The number of nitrogens with zero attached hydrogens (tertiary/aromatic N) is 1. The number of alkyl carbamates (subject to hydrolysis) is 1. The Morgan fingerprint density at radius 3 is 2.53 bits per heavy atom. The maximum absolute atomic E-state index is 13.2. The summed E-state index contributed by atoms with van der Waals surface area (Å²) in [6, 6.07) is 14.2. The van der Waals surface area contributed by atoms with Gasteiger partial charge in [0.2, 0.25) is 0 Å². The average molecular weight is 407 g/mol. The van der Waals surface area contributed by atoms with Gasteiger partial charge in [-0.15, -0.1) is 0 Å². The van der Waals surface area contributed by atoms with E-state index >= 15 is 0 Å². The first kappa shape index (κ1) is 21.1. The van der Waals surface area contributed by atoms with Crippen LogP contribution in [-0.2, 0) is 14.3 Å². The lowest BCUT2D eigenvalue weighted by atomic mass is 9.95. The van der Waals surface area contributed by atoms with Gasteiger partial charge in [-0.05, 0) is 31.0 Å². The number of carbonyl (C=O) groups excluding carboxylic acids is 3. The third kappa shape index (κ3) is 4.35. The van der Waals surface area contributed by atoms with Crippen LogP contribution in [0.25, 0.3) is 11.1 Å². The Labute approximate surface area is 175 Å². The highest BCUT2D eigenvalue weighted by Crippen LogP contribution is 2.39. The van der Waals surface area contributed by atoms with E-state index in [0.29, 0.717) is 12.1 Å². The highest BCUT2D eigenvalue weighted by molar-refractivity contribution is 6.06. The summed E-state index contributed by atoms with van der Waals surface area (Å²) in [5, 5.41) is 5.28. The standard InChI is InChI=1S/C23H25N3O4/c1-4-5-14-24-23(29)30-15(2)21(27)25-20-18-12-7-6-10-16(18)17-11-8-9-13-19(17)26(3)22(20)28/h4-13,15,20H,14H2,1-3H3,(H,24,29)(H,25,27)/b5-4+/t15-,20+/m1/s1. The number of likely N-dealkylation sites (N-methyl/N-ethyl adjacent to an activating group) is 1. The first-order valence-corrected chi connectivity index (χ1v) is 9.76. The predicted molar refractivity (Wildman–Crippen MR) is 115 cm³/mol. The normalized spacial score (nSPS) is 16.3. The van der Waals surface area contributed by atoms with Crippen molar-refractivity contribution in [3.63, 3.8) is 0 Å². The Kier molecular flexibility index (Phi) is 6.51. The number of nitrogens with one attached hydrogen (secondary N) is 2. The van der Waals surface area contributed by atoms with E-state index < -0.39 is 24.1 Å².